The predicted molar refractivity (Wildman–Crippen MR) is 119 cm³/mol. The van der Waals surface area contributed by atoms with Crippen LogP contribution in [0.15, 0.2) is 11.6 Å². The Hall–Kier alpha value is -1.25. The Balaban J connectivity index is 1.06. The number of hydrogen-bond acceptors (Lipinski definition) is 5. The van der Waals surface area contributed by atoms with Gasteiger partial charge < -0.3 is 19.1 Å². The number of halogens is 2. The van der Waals surface area contributed by atoms with Crippen LogP contribution in [0.3, 0.4) is 0 Å². The third-order valence-corrected chi connectivity index (χ3v) is 8.53. The summed E-state index contributed by atoms with van der Waals surface area (Å²) in [6.45, 7) is 9.53. The summed E-state index contributed by atoms with van der Waals surface area (Å²) in [6, 6.07) is 0. The van der Waals surface area contributed by atoms with Gasteiger partial charge in [-0.25, -0.2) is 13.6 Å². The summed E-state index contributed by atoms with van der Waals surface area (Å²) in [6.07, 6.45) is 6.36. The molecule has 4 heterocycles. The van der Waals surface area contributed by atoms with Crippen molar-refractivity contribution in [3.8, 4) is 0 Å². The van der Waals surface area contributed by atoms with Gasteiger partial charge in [-0.2, -0.15) is 0 Å². The first-order valence-electron chi connectivity index (χ1n) is 12.6. The van der Waals surface area contributed by atoms with E-state index in [9.17, 15) is 13.6 Å². The second-order valence-electron chi connectivity index (χ2n) is 11.4. The normalized spacial score (nSPS) is 39.9. The monoisotopic (exact) mass is 468 g/mol. The van der Waals surface area contributed by atoms with Gasteiger partial charge in [0.05, 0.1) is 30.5 Å². The van der Waals surface area contributed by atoms with E-state index in [0.29, 0.717) is 32.1 Å². The Kier molecular flexibility index (Phi) is 6.02. The van der Waals surface area contributed by atoms with E-state index in [1.165, 1.54) is 5.57 Å². The van der Waals surface area contributed by atoms with E-state index in [4.69, 9.17) is 14.2 Å². The molecule has 5 fully saturated rings. The highest BCUT2D eigenvalue weighted by Crippen LogP contribution is 2.59. The van der Waals surface area contributed by atoms with Crippen LogP contribution in [0.5, 0.6) is 0 Å². The third kappa shape index (κ3) is 4.94. The SMILES string of the molecule is CC(C)=CC[C@H]1O[C@]1(C)C1CC(OC(=O)N2CC(CCN3CCC(F)(F)C3)C2)CCC12CO2. The molecule has 5 rings (SSSR count). The van der Waals surface area contributed by atoms with Crippen LogP contribution in [0.25, 0.3) is 0 Å². The molecule has 1 amide bonds. The van der Waals surface area contributed by atoms with Gasteiger partial charge in [0.15, 0.2) is 0 Å². The van der Waals surface area contributed by atoms with Gasteiger partial charge in [0.2, 0.25) is 0 Å². The molecule has 33 heavy (non-hydrogen) atoms. The van der Waals surface area contributed by atoms with E-state index in [0.717, 1.165) is 38.7 Å². The third-order valence-electron chi connectivity index (χ3n) is 8.53. The number of nitrogens with zero attached hydrogens (tertiary/aromatic N) is 2. The van der Waals surface area contributed by atoms with Crippen molar-refractivity contribution < 1.29 is 27.8 Å². The summed E-state index contributed by atoms with van der Waals surface area (Å²) >= 11 is 0. The molecule has 1 aliphatic carbocycles. The zero-order valence-corrected chi connectivity index (χ0v) is 20.2. The zero-order valence-electron chi connectivity index (χ0n) is 20.2. The maximum Gasteiger partial charge on any atom is 0.410 e. The van der Waals surface area contributed by atoms with Crippen LogP contribution in [-0.2, 0) is 14.2 Å². The summed E-state index contributed by atoms with van der Waals surface area (Å²) in [4.78, 5) is 16.3. The topological polar surface area (TPSA) is 57.8 Å². The van der Waals surface area contributed by atoms with E-state index in [2.05, 4.69) is 26.8 Å². The summed E-state index contributed by atoms with van der Waals surface area (Å²) in [5, 5.41) is 0. The molecule has 0 aromatic rings. The largest absolute Gasteiger partial charge is 0.446 e. The second-order valence-corrected chi connectivity index (χ2v) is 11.4. The number of alkyl halides is 2. The Morgan fingerprint density at radius 3 is 2.64 bits per heavy atom. The van der Waals surface area contributed by atoms with E-state index in [1.54, 1.807) is 4.90 Å². The number of carbonyl (C=O) groups excluding carboxylic acids is 1. The van der Waals surface area contributed by atoms with Crippen molar-refractivity contribution in [1.82, 2.24) is 9.80 Å². The number of allylic oxidation sites excluding steroid dienone is 1. The van der Waals surface area contributed by atoms with Crippen molar-refractivity contribution >= 4 is 6.09 Å². The quantitative estimate of drug-likeness (QED) is 0.413. The molecule has 6 nitrogen and oxygen atoms in total. The molecular formula is C25H38F2N2O4. The molecule has 186 valence electrons. The maximum atomic E-state index is 13.3. The van der Waals surface area contributed by atoms with Crippen LogP contribution in [0, 0.1) is 11.8 Å². The van der Waals surface area contributed by atoms with E-state index in [1.807, 2.05) is 4.90 Å². The first-order valence-corrected chi connectivity index (χ1v) is 12.6. The smallest absolute Gasteiger partial charge is 0.410 e. The average molecular weight is 469 g/mol. The second kappa shape index (κ2) is 8.45. The minimum Gasteiger partial charge on any atom is -0.446 e. The van der Waals surface area contributed by atoms with Crippen LogP contribution >= 0.6 is 0 Å². The zero-order chi connectivity index (χ0) is 23.4. The highest BCUT2D eigenvalue weighted by atomic mass is 19.3. The van der Waals surface area contributed by atoms with Crippen molar-refractivity contribution in [3.63, 3.8) is 0 Å². The number of carbonyl (C=O) groups is 1. The van der Waals surface area contributed by atoms with Gasteiger partial charge in [0.1, 0.15) is 6.10 Å². The Morgan fingerprint density at radius 2 is 2.00 bits per heavy atom. The van der Waals surface area contributed by atoms with Crippen LogP contribution < -0.4 is 0 Å². The molecule has 1 saturated carbocycles. The van der Waals surface area contributed by atoms with Gasteiger partial charge >= 0.3 is 6.09 Å². The molecule has 0 aromatic carbocycles. The summed E-state index contributed by atoms with van der Waals surface area (Å²) in [5.74, 6) is -1.91. The molecule has 4 aliphatic heterocycles. The fraction of sp³-hybridized carbons (Fsp3) is 0.880. The maximum absolute atomic E-state index is 13.3. The Morgan fingerprint density at radius 1 is 1.24 bits per heavy atom. The summed E-state index contributed by atoms with van der Waals surface area (Å²) in [5.41, 5.74) is 1.000. The highest BCUT2D eigenvalue weighted by molar-refractivity contribution is 5.68. The van der Waals surface area contributed by atoms with Crippen molar-refractivity contribution in [2.75, 3.05) is 39.3 Å². The molecule has 1 spiro atoms. The average Bonchev–Trinajstić information content (AvgIpc) is 3.59. The molecule has 0 bridgehead atoms. The molecule has 8 heteroatoms. The lowest BCUT2D eigenvalue weighted by Crippen LogP contribution is -2.52. The Labute approximate surface area is 195 Å². The van der Waals surface area contributed by atoms with Gasteiger partial charge in [-0.3, -0.25) is 4.90 Å². The molecule has 0 aromatic heterocycles. The molecule has 0 N–H and O–H groups in total. The predicted octanol–water partition coefficient (Wildman–Crippen LogP) is 4.24. The fourth-order valence-electron chi connectivity index (χ4n) is 6.16. The first-order chi connectivity index (χ1) is 15.6. The van der Waals surface area contributed by atoms with Gasteiger partial charge in [0, 0.05) is 32.0 Å². The minimum atomic E-state index is -2.54. The van der Waals surface area contributed by atoms with E-state index >= 15 is 0 Å². The number of epoxide rings is 2. The van der Waals surface area contributed by atoms with Crippen molar-refractivity contribution in [2.45, 2.75) is 88.6 Å². The standard InChI is InChI=1S/C25H38F2N2O4/c1-17(2)4-5-21-23(3,33-21)20-12-19(6-8-24(20)16-31-24)32-22(30)29-13-18(14-29)7-10-28-11-9-25(26,27)15-28/h4,18-21H,5-16H2,1-3H3/t19?,20?,21-,23-,24?/m1/s1. The molecule has 3 unspecified atom stereocenters. The van der Waals surface area contributed by atoms with Gasteiger partial charge in [-0.1, -0.05) is 11.6 Å². The van der Waals surface area contributed by atoms with Crippen molar-refractivity contribution in [2.24, 2.45) is 11.8 Å². The minimum absolute atomic E-state index is 0.0371. The van der Waals surface area contributed by atoms with Crippen molar-refractivity contribution in [3.05, 3.63) is 11.6 Å². The van der Waals surface area contributed by atoms with Gasteiger partial charge in [0.25, 0.3) is 5.92 Å². The van der Waals surface area contributed by atoms with Crippen LogP contribution in [0.2, 0.25) is 0 Å². The lowest BCUT2D eigenvalue weighted by atomic mass is 9.70. The summed E-state index contributed by atoms with van der Waals surface area (Å²) < 4.78 is 44.7. The first kappa shape index (κ1) is 23.5. The lowest BCUT2D eigenvalue weighted by Gasteiger charge is -2.41. The number of amides is 1. The number of hydrogen-bond donors (Lipinski definition) is 0. The molecule has 5 aliphatic rings. The molecule has 5 atom stereocenters. The van der Waals surface area contributed by atoms with E-state index in [-0.39, 0.29) is 48.4 Å². The van der Waals surface area contributed by atoms with Crippen LogP contribution in [0.4, 0.5) is 13.6 Å². The van der Waals surface area contributed by atoms with Crippen LogP contribution in [0.1, 0.15) is 59.3 Å². The van der Waals surface area contributed by atoms with E-state index < -0.39 is 5.92 Å². The fourth-order valence-corrected chi connectivity index (χ4v) is 6.16. The van der Waals surface area contributed by atoms with Gasteiger partial charge in [-0.05, 0) is 65.3 Å². The van der Waals surface area contributed by atoms with Gasteiger partial charge in [-0.15, -0.1) is 0 Å². The highest BCUT2D eigenvalue weighted by Gasteiger charge is 2.68. The molecular weight excluding hydrogens is 430 g/mol. The van der Waals surface area contributed by atoms with Crippen molar-refractivity contribution in [1.29, 1.82) is 0 Å². The molecule has 4 saturated heterocycles. The number of ether oxygens (including phenoxy) is 3. The molecule has 0 radical (unpaired) electrons. The van der Waals surface area contributed by atoms with Crippen LogP contribution in [-0.4, -0.2) is 84.6 Å². The number of likely N-dealkylation sites (tertiary alicyclic amines) is 2. The summed E-state index contributed by atoms with van der Waals surface area (Å²) in [7, 11) is 0. The number of rotatable bonds is 7. The lowest BCUT2D eigenvalue weighted by molar-refractivity contribution is -0.0235. The Bertz CT molecular complexity index is 791.